The quantitative estimate of drug-likeness (QED) is 0.346. The fourth-order valence-electron chi connectivity index (χ4n) is 3.46. The van der Waals surface area contributed by atoms with Gasteiger partial charge in [-0.05, 0) is 60.9 Å². The fraction of sp³-hybridized carbons (Fsp3) is 0.211. The van der Waals surface area contributed by atoms with Crippen molar-refractivity contribution in [2.45, 2.75) is 24.0 Å². The summed E-state index contributed by atoms with van der Waals surface area (Å²) in [4.78, 5) is 13.5. The van der Waals surface area contributed by atoms with Crippen LogP contribution in [0, 0.1) is 5.82 Å². The Hall–Kier alpha value is -2.10. The molecule has 2 radical (unpaired) electrons. The van der Waals surface area contributed by atoms with E-state index in [-0.39, 0.29) is 26.5 Å². The Morgan fingerprint density at radius 1 is 1.41 bits per heavy atom. The van der Waals surface area contributed by atoms with Gasteiger partial charge in [-0.25, -0.2) is 13.2 Å². The Balaban J connectivity index is 1.85. The first-order valence-electron chi connectivity index (χ1n) is 8.88. The van der Waals surface area contributed by atoms with E-state index >= 15 is 4.39 Å². The van der Waals surface area contributed by atoms with Crippen molar-refractivity contribution in [2.75, 3.05) is 0 Å². The minimum absolute atomic E-state index is 0.0903. The van der Waals surface area contributed by atoms with Gasteiger partial charge in [-0.1, -0.05) is 33.7 Å². The Morgan fingerprint density at radius 2 is 2.21 bits per heavy atom. The summed E-state index contributed by atoms with van der Waals surface area (Å²) in [6, 6.07) is 6.55. The molecule has 1 saturated carbocycles. The molecule has 1 aliphatic rings. The SMILES string of the molecule is [B]c1ccc(-n2c(=O)n(SC3(CC=C)CC3)c3cc4snnc4c(F)c32)c(Cl)c1. The van der Waals surface area contributed by atoms with E-state index in [2.05, 4.69) is 16.2 Å². The highest BCUT2D eigenvalue weighted by Gasteiger charge is 2.44. The predicted octanol–water partition coefficient (Wildman–Crippen LogP) is 3.99. The number of imidazole rings is 1. The average Bonchev–Trinajstić information content (AvgIpc) is 3.16. The Morgan fingerprint density at radius 3 is 2.90 bits per heavy atom. The van der Waals surface area contributed by atoms with Crippen molar-refractivity contribution in [1.82, 2.24) is 18.1 Å². The van der Waals surface area contributed by atoms with Gasteiger partial charge in [-0.15, -0.1) is 11.7 Å². The van der Waals surface area contributed by atoms with E-state index in [4.69, 9.17) is 19.4 Å². The summed E-state index contributed by atoms with van der Waals surface area (Å²) in [5.41, 5.74) is 1.18. The smallest absolute Gasteiger partial charge is 0.255 e. The van der Waals surface area contributed by atoms with Gasteiger partial charge in [0.05, 0.1) is 20.9 Å². The van der Waals surface area contributed by atoms with E-state index in [1.807, 2.05) is 6.08 Å². The molecule has 10 heteroatoms. The van der Waals surface area contributed by atoms with Crippen molar-refractivity contribution in [3.8, 4) is 5.69 Å². The van der Waals surface area contributed by atoms with Gasteiger partial charge in [0.2, 0.25) is 0 Å². The minimum Gasteiger partial charge on any atom is -0.255 e. The van der Waals surface area contributed by atoms with Gasteiger partial charge in [0, 0.05) is 4.75 Å². The Bertz CT molecular complexity index is 1360. The highest BCUT2D eigenvalue weighted by atomic mass is 35.5. The van der Waals surface area contributed by atoms with Crippen LogP contribution < -0.4 is 11.2 Å². The molecule has 0 spiro atoms. The molecule has 2 aromatic carbocycles. The Labute approximate surface area is 179 Å². The van der Waals surface area contributed by atoms with Crippen LogP contribution in [0.2, 0.25) is 5.02 Å². The summed E-state index contributed by atoms with van der Waals surface area (Å²) in [6.07, 6.45) is 4.57. The highest BCUT2D eigenvalue weighted by Crippen LogP contribution is 2.52. The maximum Gasteiger partial charge on any atom is 0.344 e. The lowest BCUT2D eigenvalue weighted by atomic mass is 9.96. The van der Waals surface area contributed by atoms with Crippen LogP contribution in [-0.2, 0) is 0 Å². The third-order valence-electron chi connectivity index (χ3n) is 5.07. The monoisotopic (exact) mass is 442 g/mol. The molecule has 0 atom stereocenters. The first-order chi connectivity index (χ1) is 13.9. The van der Waals surface area contributed by atoms with E-state index in [9.17, 15) is 4.79 Å². The van der Waals surface area contributed by atoms with E-state index in [1.165, 1.54) is 16.5 Å². The van der Waals surface area contributed by atoms with Crippen LogP contribution in [0.4, 0.5) is 4.39 Å². The molecule has 0 amide bonds. The molecule has 1 fully saturated rings. The van der Waals surface area contributed by atoms with E-state index in [0.717, 1.165) is 30.8 Å². The summed E-state index contributed by atoms with van der Waals surface area (Å²) >= 11 is 8.89. The molecule has 144 valence electrons. The second kappa shape index (κ2) is 6.72. The first-order valence-corrected chi connectivity index (χ1v) is 10.8. The Kier molecular flexibility index (Phi) is 4.38. The lowest BCUT2D eigenvalue weighted by Gasteiger charge is -2.12. The number of fused-ring (bicyclic) bond motifs is 2. The molecular formula is C19H13BClFN4OS2. The number of benzene rings is 2. The largest absolute Gasteiger partial charge is 0.344 e. The first kappa shape index (κ1) is 18.9. The van der Waals surface area contributed by atoms with E-state index in [1.54, 1.807) is 28.2 Å². The number of halogens is 2. The number of nitrogens with zero attached hydrogens (tertiary/aromatic N) is 4. The maximum atomic E-state index is 15.5. The third kappa shape index (κ3) is 2.94. The number of rotatable bonds is 5. The van der Waals surface area contributed by atoms with Gasteiger partial charge in [-0.2, -0.15) is 0 Å². The number of hydrogen-bond acceptors (Lipinski definition) is 5. The molecule has 1 aliphatic carbocycles. The molecule has 0 aliphatic heterocycles. The lowest BCUT2D eigenvalue weighted by molar-refractivity contribution is 0.642. The van der Waals surface area contributed by atoms with Gasteiger partial charge in [0.25, 0.3) is 0 Å². The normalized spacial score (nSPS) is 15.2. The number of hydrogen-bond donors (Lipinski definition) is 0. The molecule has 0 N–H and O–H groups in total. The fourth-order valence-corrected chi connectivity index (χ4v) is 5.59. The van der Waals surface area contributed by atoms with Crippen molar-refractivity contribution >= 4 is 69.6 Å². The zero-order chi connectivity index (χ0) is 20.3. The second-order valence-corrected chi connectivity index (χ2v) is 9.67. The zero-order valence-electron chi connectivity index (χ0n) is 15.1. The molecule has 0 unspecified atom stereocenters. The van der Waals surface area contributed by atoms with Crippen LogP contribution in [0.1, 0.15) is 19.3 Å². The second-order valence-electron chi connectivity index (χ2n) is 7.07. The lowest BCUT2D eigenvalue weighted by Crippen LogP contribution is -2.23. The summed E-state index contributed by atoms with van der Waals surface area (Å²) in [7, 11) is 5.80. The van der Waals surface area contributed by atoms with Crippen molar-refractivity contribution in [3.63, 3.8) is 0 Å². The number of allylic oxidation sites excluding steroid dienone is 1. The number of aromatic nitrogens is 4. The molecular weight excluding hydrogens is 430 g/mol. The molecule has 2 heterocycles. The molecule has 0 bridgehead atoms. The van der Waals surface area contributed by atoms with Crippen LogP contribution >= 0.6 is 35.1 Å². The average molecular weight is 443 g/mol. The standard InChI is InChI=1S/C19H13BClFN4OS2/c1-2-5-19(6-7-19)29-26-13-9-14-16(23-24-28-14)15(22)17(13)25(18(26)27)12-4-3-10(20)8-11(12)21/h2-4,8-9H,1,5-7H2. The summed E-state index contributed by atoms with van der Waals surface area (Å²) in [5.74, 6) is -0.593. The van der Waals surface area contributed by atoms with Crippen LogP contribution in [0.25, 0.3) is 26.9 Å². The molecule has 5 rings (SSSR count). The van der Waals surface area contributed by atoms with Crippen LogP contribution in [0.3, 0.4) is 0 Å². The summed E-state index contributed by atoms with van der Waals surface area (Å²) < 4.78 is 22.7. The third-order valence-corrected chi connectivity index (χ3v) is 7.54. The summed E-state index contributed by atoms with van der Waals surface area (Å²) in [6.45, 7) is 3.82. The highest BCUT2D eigenvalue weighted by molar-refractivity contribution is 7.99. The van der Waals surface area contributed by atoms with Crippen LogP contribution in [0.5, 0.6) is 0 Å². The van der Waals surface area contributed by atoms with Gasteiger partial charge < -0.3 is 0 Å². The molecule has 5 nitrogen and oxygen atoms in total. The minimum atomic E-state index is -0.593. The predicted molar refractivity (Wildman–Crippen MR) is 119 cm³/mol. The van der Waals surface area contributed by atoms with Crippen LogP contribution in [0.15, 0.2) is 41.7 Å². The van der Waals surface area contributed by atoms with E-state index in [0.29, 0.717) is 21.4 Å². The zero-order valence-corrected chi connectivity index (χ0v) is 17.5. The maximum absolute atomic E-state index is 15.5. The van der Waals surface area contributed by atoms with Crippen molar-refractivity contribution in [2.24, 2.45) is 0 Å². The van der Waals surface area contributed by atoms with Crippen molar-refractivity contribution < 1.29 is 4.39 Å². The molecule has 29 heavy (non-hydrogen) atoms. The van der Waals surface area contributed by atoms with Crippen molar-refractivity contribution in [3.05, 3.63) is 58.2 Å². The van der Waals surface area contributed by atoms with Crippen LogP contribution in [-0.4, -0.2) is 30.7 Å². The molecule has 4 aromatic rings. The van der Waals surface area contributed by atoms with Gasteiger partial charge in [0.1, 0.15) is 18.9 Å². The van der Waals surface area contributed by atoms with Crippen molar-refractivity contribution in [1.29, 1.82) is 0 Å². The van der Waals surface area contributed by atoms with Gasteiger partial charge >= 0.3 is 5.69 Å². The summed E-state index contributed by atoms with van der Waals surface area (Å²) in [5, 5.41) is 4.15. The van der Waals surface area contributed by atoms with Gasteiger partial charge in [-0.3, -0.25) is 4.57 Å². The molecule has 2 aromatic heterocycles. The van der Waals surface area contributed by atoms with Gasteiger partial charge in [0.15, 0.2) is 5.82 Å². The molecule has 0 saturated heterocycles. The van der Waals surface area contributed by atoms with E-state index < -0.39 is 5.82 Å². The topological polar surface area (TPSA) is 52.7 Å².